The number of nitrogens with zero attached hydrogens (tertiary/aromatic N) is 3. The molecule has 0 aliphatic carbocycles. The van der Waals surface area contributed by atoms with Crippen LogP contribution in [0.2, 0.25) is 5.02 Å². The molecule has 1 unspecified atom stereocenters. The smallest absolute Gasteiger partial charge is 0.338 e. The van der Waals surface area contributed by atoms with Crippen molar-refractivity contribution in [3.8, 4) is 12.1 Å². The van der Waals surface area contributed by atoms with Crippen LogP contribution in [0.1, 0.15) is 40.8 Å². The third-order valence-corrected chi connectivity index (χ3v) is 6.84. The summed E-state index contributed by atoms with van der Waals surface area (Å²) in [6.45, 7) is 7.52. The molecule has 1 aromatic carbocycles. The lowest BCUT2D eigenvalue weighted by Gasteiger charge is -2.28. The second-order valence-corrected chi connectivity index (χ2v) is 8.96. The van der Waals surface area contributed by atoms with Crippen molar-refractivity contribution in [2.45, 2.75) is 38.6 Å². The van der Waals surface area contributed by atoms with Gasteiger partial charge in [-0.3, -0.25) is 0 Å². The van der Waals surface area contributed by atoms with E-state index in [1.165, 1.54) is 11.8 Å². The molecule has 2 aromatic rings. The normalized spacial score (nSPS) is 15.4. The molecule has 2 heterocycles. The van der Waals surface area contributed by atoms with E-state index in [2.05, 4.69) is 17.1 Å². The Bertz CT molecular complexity index is 1290. The Labute approximate surface area is 207 Å². The average Bonchev–Trinajstić information content (AvgIpc) is 2.81. The summed E-state index contributed by atoms with van der Waals surface area (Å²) in [5, 5.41) is 20.5. The Hall–Kier alpha value is -3.46. The van der Waals surface area contributed by atoms with Gasteiger partial charge < -0.3 is 15.2 Å². The number of esters is 1. The van der Waals surface area contributed by atoms with Crippen molar-refractivity contribution in [2.75, 3.05) is 12.4 Å². The average molecular weight is 495 g/mol. The van der Waals surface area contributed by atoms with E-state index in [0.29, 0.717) is 21.2 Å². The predicted molar refractivity (Wildman–Crippen MR) is 130 cm³/mol. The van der Waals surface area contributed by atoms with Gasteiger partial charge in [0.05, 0.1) is 29.4 Å². The molecule has 9 heteroatoms. The Balaban J connectivity index is 2.12. The van der Waals surface area contributed by atoms with Crippen molar-refractivity contribution in [3.63, 3.8) is 0 Å². The van der Waals surface area contributed by atoms with Gasteiger partial charge in [-0.2, -0.15) is 10.5 Å². The van der Waals surface area contributed by atoms with Crippen LogP contribution in [-0.4, -0.2) is 23.3 Å². The second-order valence-electron chi connectivity index (χ2n) is 7.56. The maximum absolute atomic E-state index is 13.1. The first-order valence-corrected chi connectivity index (χ1v) is 11.8. The zero-order chi connectivity index (χ0) is 25.0. The molecule has 0 fully saturated rings. The van der Waals surface area contributed by atoms with Crippen molar-refractivity contribution in [2.24, 2.45) is 5.73 Å². The zero-order valence-corrected chi connectivity index (χ0v) is 20.8. The summed E-state index contributed by atoms with van der Waals surface area (Å²) in [4.78, 5) is 17.6. The molecule has 7 nitrogen and oxygen atoms in total. The van der Waals surface area contributed by atoms with Gasteiger partial charge in [-0.25, -0.2) is 9.78 Å². The molecule has 1 aromatic heterocycles. The van der Waals surface area contributed by atoms with E-state index < -0.39 is 11.9 Å². The fraction of sp³-hybridized carbons (Fsp3) is 0.280. The number of benzene rings is 1. The molecule has 1 aliphatic heterocycles. The third kappa shape index (κ3) is 4.89. The highest BCUT2D eigenvalue weighted by molar-refractivity contribution is 7.99. The largest absolute Gasteiger partial charge is 0.463 e. The van der Waals surface area contributed by atoms with Gasteiger partial charge in [-0.05, 0) is 56.5 Å². The van der Waals surface area contributed by atoms with Gasteiger partial charge in [0.25, 0.3) is 0 Å². The Morgan fingerprint density at radius 1 is 1.21 bits per heavy atom. The summed E-state index contributed by atoms with van der Waals surface area (Å²) < 4.78 is 11.1. The molecule has 0 spiro atoms. The van der Waals surface area contributed by atoms with Crippen molar-refractivity contribution in [1.82, 2.24) is 4.98 Å². The predicted octanol–water partition coefficient (Wildman–Crippen LogP) is 4.95. The molecule has 0 radical (unpaired) electrons. The summed E-state index contributed by atoms with van der Waals surface area (Å²) in [6.07, 6.45) is 0. The number of thioether (sulfide) groups is 1. The molecule has 1 aliphatic rings. The minimum atomic E-state index is -0.782. The molecule has 174 valence electrons. The Morgan fingerprint density at radius 2 is 1.88 bits per heavy atom. The van der Waals surface area contributed by atoms with Crippen molar-refractivity contribution in [1.29, 1.82) is 10.5 Å². The van der Waals surface area contributed by atoms with Crippen LogP contribution in [0.15, 0.2) is 52.1 Å². The summed E-state index contributed by atoms with van der Waals surface area (Å²) >= 11 is 7.30. The highest BCUT2D eigenvalue weighted by Gasteiger charge is 2.37. The van der Waals surface area contributed by atoms with Crippen LogP contribution in [-0.2, 0) is 14.3 Å². The van der Waals surface area contributed by atoms with E-state index in [9.17, 15) is 15.3 Å². The van der Waals surface area contributed by atoms with E-state index in [4.69, 9.17) is 26.8 Å². The molecular weight excluding hydrogens is 472 g/mol. The highest BCUT2D eigenvalue weighted by Crippen LogP contribution is 2.41. The van der Waals surface area contributed by atoms with Crippen LogP contribution in [0.3, 0.4) is 0 Å². The van der Waals surface area contributed by atoms with Crippen LogP contribution in [0, 0.1) is 43.4 Å². The number of hydrogen-bond donors (Lipinski definition) is 1. The van der Waals surface area contributed by atoms with Gasteiger partial charge in [0.1, 0.15) is 28.5 Å². The Kier molecular flexibility index (Phi) is 7.88. The highest BCUT2D eigenvalue weighted by atomic mass is 35.5. The van der Waals surface area contributed by atoms with Gasteiger partial charge in [0.15, 0.2) is 0 Å². The number of allylic oxidation sites excluding steroid dienone is 1. The standard InChI is InChI=1S/C25H23ClN4O3S/c1-5-32-25(31)22-20(12-34-24-18(10-27)14(3)13(2)15(4)30-24)33-23(29)19(11-28)21(22)16-6-8-17(26)9-7-16/h6-9,21H,5,12,29H2,1-4H3. The number of rotatable bonds is 6. The molecule has 3 rings (SSSR count). The zero-order valence-electron chi connectivity index (χ0n) is 19.2. The van der Waals surface area contributed by atoms with Gasteiger partial charge in [0.2, 0.25) is 5.88 Å². The van der Waals surface area contributed by atoms with Gasteiger partial charge in [-0.1, -0.05) is 35.5 Å². The number of nitrogens with two attached hydrogens (primary N) is 1. The summed E-state index contributed by atoms with van der Waals surface area (Å²) in [5.74, 6) is -1.07. The molecule has 34 heavy (non-hydrogen) atoms. The minimum absolute atomic E-state index is 0.0872. The molecule has 2 N–H and O–H groups in total. The molecule has 0 amide bonds. The number of carbonyl (C=O) groups is 1. The fourth-order valence-corrected chi connectivity index (χ4v) is 4.78. The van der Waals surface area contributed by atoms with Crippen LogP contribution < -0.4 is 5.73 Å². The number of aromatic nitrogens is 1. The molecule has 0 saturated carbocycles. The number of nitriles is 2. The quantitative estimate of drug-likeness (QED) is 0.442. The number of ether oxygens (including phenoxy) is 2. The lowest BCUT2D eigenvalue weighted by Crippen LogP contribution is -2.27. The first-order chi connectivity index (χ1) is 16.2. The summed E-state index contributed by atoms with van der Waals surface area (Å²) in [6, 6.07) is 11.1. The van der Waals surface area contributed by atoms with E-state index in [1.807, 2.05) is 20.8 Å². The number of carbonyl (C=O) groups excluding carboxylic acids is 1. The van der Waals surface area contributed by atoms with Crippen LogP contribution in [0.25, 0.3) is 0 Å². The van der Waals surface area contributed by atoms with Crippen LogP contribution >= 0.6 is 23.4 Å². The van der Waals surface area contributed by atoms with Crippen LogP contribution in [0.5, 0.6) is 0 Å². The first-order valence-electron chi connectivity index (χ1n) is 10.5. The minimum Gasteiger partial charge on any atom is -0.463 e. The number of aryl methyl sites for hydroxylation is 1. The molecule has 0 bridgehead atoms. The molecule has 0 saturated heterocycles. The lowest BCUT2D eigenvalue weighted by molar-refractivity contribution is -0.139. The van der Waals surface area contributed by atoms with Gasteiger partial charge in [0, 0.05) is 10.7 Å². The summed E-state index contributed by atoms with van der Waals surface area (Å²) in [5.41, 5.74) is 10.1. The first kappa shape index (κ1) is 25.2. The second kappa shape index (κ2) is 10.6. The van der Waals surface area contributed by atoms with Crippen molar-refractivity contribution in [3.05, 3.63) is 80.0 Å². The van der Waals surface area contributed by atoms with E-state index in [1.54, 1.807) is 31.2 Å². The fourth-order valence-electron chi connectivity index (χ4n) is 3.63. The van der Waals surface area contributed by atoms with E-state index >= 15 is 0 Å². The van der Waals surface area contributed by atoms with E-state index in [0.717, 1.165) is 16.8 Å². The number of pyridine rings is 1. The SMILES string of the molecule is CCOC(=O)C1=C(CSc2nc(C)c(C)c(C)c2C#N)OC(N)=C(C#N)C1c1ccc(Cl)cc1. The maximum atomic E-state index is 13.1. The topological polar surface area (TPSA) is 122 Å². The number of halogens is 1. The molecular formula is C25H23ClN4O3S. The van der Waals surface area contributed by atoms with Gasteiger partial charge in [-0.15, -0.1) is 0 Å². The number of hydrogen-bond acceptors (Lipinski definition) is 8. The van der Waals surface area contributed by atoms with Crippen molar-refractivity contribution < 1.29 is 14.3 Å². The summed E-state index contributed by atoms with van der Waals surface area (Å²) in [7, 11) is 0. The maximum Gasteiger partial charge on any atom is 0.338 e. The monoisotopic (exact) mass is 494 g/mol. The lowest BCUT2D eigenvalue weighted by atomic mass is 9.83. The van der Waals surface area contributed by atoms with E-state index in [-0.39, 0.29) is 35.1 Å². The van der Waals surface area contributed by atoms with Crippen molar-refractivity contribution >= 4 is 29.3 Å². The van der Waals surface area contributed by atoms with Crippen LogP contribution in [0.4, 0.5) is 0 Å². The Morgan fingerprint density at radius 3 is 2.47 bits per heavy atom. The van der Waals surface area contributed by atoms with Gasteiger partial charge >= 0.3 is 5.97 Å². The molecule has 1 atom stereocenters. The third-order valence-electron chi connectivity index (χ3n) is 5.61.